The molecule has 1 heterocycles. The third kappa shape index (κ3) is 6.43. The van der Waals surface area contributed by atoms with Crippen molar-refractivity contribution < 1.29 is 15.1 Å². The van der Waals surface area contributed by atoms with Crippen LogP contribution in [0.4, 0.5) is 5.69 Å². The molecule has 1 aliphatic heterocycles. The number of β-amino-alcohol motifs (C(OH)–C–C–N with tert-alkyl or cyclic N) is 1. The summed E-state index contributed by atoms with van der Waals surface area (Å²) in [5.74, 6) is 5.70. The number of nitriles is 1. The number of fused-ring (bicyclic) bond motifs is 1. The number of nitrogens with zero attached hydrogens (tertiary/aromatic N) is 3. The molecule has 0 aliphatic carbocycles. The third-order valence-corrected chi connectivity index (χ3v) is 5.79. The molecule has 34 heavy (non-hydrogen) atoms. The number of hydrogen-bond donors (Lipinski definition) is 4. The van der Waals surface area contributed by atoms with Crippen LogP contribution in [0, 0.1) is 11.3 Å². The average molecular weight is 464 g/mol. The van der Waals surface area contributed by atoms with Crippen molar-refractivity contribution in [3.63, 3.8) is 0 Å². The van der Waals surface area contributed by atoms with Crippen LogP contribution >= 0.6 is 0 Å². The molecule has 0 fully saturated rings. The van der Waals surface area contributed by atoms with Crippen molar-refractivity contribution in [2.45, 2.75) is 38.8 Å². The Morgan fingerprint density at radius 3 is 2.56 bits per heavy atom. The summed E-state index contributed by atoms with van der Waals surface area (Å²) < 4.78 is 0. The molecule has 1 atom stereocenters. The van der Waals surface area contributed by atoms with Gasteiger partial charge in [0.05, 0.1) is 29.7 Å². The Labute approximate surface area is 200 Å². The van der Waals surface area contributed by atoms with E-state index in [9.17, 15) is 10.4 Å². The molecule has 0 saturated carbocycles. The second-order valence-corrected chi connectivity index (χ2v) is 8.77. The van der Waals surface area contributed by atoms with Crippen LogP contribution in [0.1, 0.15) is 41.7 Å². The maximum Gasteiger partial charge on any atom is 0.245 e. The van der Waals surface area contributed by atoms with E-state index >= 15 is 0 Å². The van der Waals surface area contributed by atoms with Crippen LogP contribution in [0.15, 0.2) is 48.0 Å². The van der Waals surface area contributed by atoms with Gasteiger partial charge in [0.15, 0.2) is 0 Å². The van der Waals surface area contributed by atoms with Crippen molar-refractivity contribution in [2.75, 3.05) is 31.6 Å². The van der Waals surface area contributed by atoms with Gasteiger partial charge in [0.25, 0.3) is 0 Å². The molecule has 3 rings (SSSR count). The Morgan fingerprint density at radius 2 is 1.91 bits per heavy atom. The van der Waals surface area contributed by atoms with Crippen molar-refractivity contribution in [1.29, 1.82) is 5.26 Å². The number of nitrogens with one attached hydrogen (secondary N) is 1. The van der Waals surface area contributed by atoms with E-state index in [0.717, 1.165) is 37.2 Å². The molecular formula is C26H33N5O3. The Hall–Kier alpha value is -3.22. The summed E-state index contributed by atoms with van der Waals surface area (Å²) in [5.41, 5.74) is 5.62. The minimum atomic E-state index is -0.725. The van der Waals surface area contributed by atoms with E-state index in [0.29, 0.717) is 23.4 Å². The van der Waals surface area contributed by atoms with Crippen LogP contribution in [0.2, 0.25) is 0 Å². The molecule has 0 spiro atoms. The second kappa shape index (κ2) is 11.8. The van der Waals surface area contributed by atoms with Crippen molar-refractivity contribution in [3.8, 4) is 6.07 Å². The number of aliphatic hydroxyl groups is 2. The number of anilines is 1. The fraction of sp³-hybridized carbons (Fsp3) is 0.385. The first kappa shape index (κ1) is 25.4. The summed E-state index contributed by atoms with van der Waals surface area (Å²) in [6, 6.07) is 13.8. The molecule has 8 nitrogen and oxygen atoms in total. The molecule has 0 amide bonds. The van der Waals surface area contributed by atoms with Crippen LogP contribution in [0.3, 0.4) is 0 Å². The molecular weight excluding hydrogens is 430 g/mol. The first-order chi connectivity index (χ1) is 16.3. The Kier molecular flexibility index (Phi) is 8.79. The SMILES string of the molecule is C=C(N=C(ON)c1ccc(NC(C)C)c(C#N)c1)c1ccc2c(c1)CCN(CC(O)CO)CC2. The highest BCUT2D eigenvalue weighted by atomic mass is 16.6. The lowest BCUT2D eigenvalue weighted by Crippen LogP contribution is -2.35. The standard InChI is InChI=1S/C26H33N5O3/c1-17(2)29-25-7-6-22(13-23(25)14-27)26(34-28)30-18(3)20-5-4-19-8-10-31(15-24(33)16-32)11-9-21(19)12-20/h4-7,12-13,17,24,29,32-33H,3,8-11,15-16,28H2,1-2H3. The number of aliphatic hydroxyl groups excluding tert-OH is 2. The number of nitrogens with two attached hydrogens (primary N) is 1. The molecule has 1 aliphatic rings. The number of rotatable bonds is 8. The van der Waals surface area contributed by atoms with Crippen LogP contribution in [0.25, 0.3) is 5.70 Å². The lowest BCUT2D eigenvalue weighted by molar-refractivity contribution is 0.0605. The van der Waals surface area contributed by atoms with E-state index in [1.165, 1.54) is 11.1 Å². The smallest absolute Gasteiger partial charge is 0.245 e. The normalized spacial score (nSPS) is 15.3. The maximum atomic E-state index is 9.76. The zero-order chi connectivity index (χ0) is 24.7. The molecule has 2 aromatic rings. The fourth-order valence-corrected chi connectivity index (χ4v) is 4.04. The van der Waals surface area contributed by atoms with E-state index in [1.807, 2.05) is 26.0 Å². The number of hydrogen-bond acceptors (Lipinski definition) is 8. The zero-order valence-corrected chi connectivity index (χ0v) is 19.8. The largest absolute Gasteiger partial charge is 0.394 e. The second-order valence-electron chi connectivity index (χ2n) is 8.77. The number of aliphatic imine (C=N–C) groups is 1. The van der Waals surface area contributed by atoms with Gasteiger partial charge in [-0.1, -0.05) is 18.7 Å². The van der Waals surface area contributed by atoms with Gasteiger partial charge in [0.1, 0.15) is 6.07 Å². The molecule has 0 saturated heterocycles. The van der Waals surface area contributed by atoms with Crippen molar-refractivity contribution in [3.05, 3.63) is 70.8 Å². The monoisotopic (exact) mass is 463 g/mol. The highest BCUT2D eigenvalue weighted by Gasteiger charge is 2.17. The van der Waals surface area contributed by atoms with Crippen molar-refractivity contribution >= 4 is 17.3 Å². The Balaban J connectivity index is 1.80. The fourth-order valence-electron chi connectivity index (χ4n) is 4.04. The summed E-state index contributed by atoms with van der Waals surface area (Å²) in [6.45, 7) is 9.97. The van der Waals surface area contributed by atoms with Gasteiger partial charge in [-0.3, -0.25) is 0 Å². The van der Waals surface area contributed by atoms with Gasteiger partial charge in [-0.15, -0.1) is 0 Å². The number of benzene rings is 2. The van der Waals surface area contributed by atoms with Gasteiger partial charge in [-0.2, -0.15) is 11.2 Å². The van der Waals surface area contributed by atoms with Gasteiger partial charge < -0.3 is 25.3 Å². The first-order valence-electron chi connectivity index (χ1n) is 11.4. The van der Waals surface area contributed by atoms with E-state index < -0.39 is 6.10 Å². The van der Waals surface area contributed by atoms with E-state index in [-0.39, 0.29) is 18.5 Å². The van der Waals surface area contributed by atoms with Crippen LogP contribution in [-0.4, -0.2) is 59.4 Å². The summed E-state index contributed by atoms with van der Waals surface area (Å²) in [6.07, 6.45) is 0.973. The molecule has 180 valence electrons. The Morgan fingerprint density at radius 1 is 1.21 bits per heavy atom. The van der Waals surface area contributed by atoms with Gasteiger partial charge in [-0.05, 0) is 67.6 Å². The molecule has 8 heteroatoms. The Bertz CT molecular complexity index is 1090. The van der Waals surface area contributed by atoms with E-state index in [2.05, 4.69) is 40.0 Å². The predicted molar refractivity (Wildman–Crippen MR) is 134 cm³/mol. The molecule has 5 N–H and O–H groups in total. The summed E-state index contributed by atoms with van der Waals surface area (Å²) >= 11 is 0. The summed E-state index contributed by atoms with van der Waals surface area (Å²) in [4.78, 5) is 11.7. The molecule has 0 aromatic heterocycles. The third-order valence-electron chi connectivity index (χ3n) is 5.79. The minimum Gasteiger partial charge on any atom is -0.394 e. The van der Waals surface area contributed by atoms with Gasteiger partial charge in [-0.25, -0.2) is 4.99 Å². The van der Waals surface area contributed by atoms with Crippen LogP contribution in [0.5, 0.6) is 0 Å². The van der Waals surface area contributed by atoms with Gasteiger partial charge in [0.2, 0.25) is 5.90 Å². The van der Waals surface area contributed by atoms with Gasteiger partial charge >= 0.3 is 0 Å². The van der Waals surface area contributed by atoms with Crippen LogP contribution in [-0.2, 0) is 17.7 Å². The minimum absolute atomic E-state index is 0.178. The highest BCUT2D eigenvalue weighted by Crippen LogP contribution is 2.24. The van der Waals surface area contributed by atoms with E-state index in [4.69, 9.17) is 15.8 Å². The lowest BCUT2D eigenvalue weighted by Gasteiger charge is -2.21. The van der Waals surface area contributed by atoms with Crippen molar-refractivity contribution in [1.82, 2.24) is 4.90 Å². The van der Waals surface area contributed by atoms with E-state index in [1.54, 1.807) is 12.1 Å². The molecule has 2 aromatic carbocycles. The molecule has 1 unspecified atom stereocenters. The topological polar surface area (TPSA) is 127 Å². The predicted octanol–water partition coefficient (Wildman–Crippen LogP) is 2.44. The van der Waals surface area contributed by atoms with Crippen LogP contribution < -0.4 is 11.2 Å². The quantitative estimate of drug-likeness (QED) is 0.269. The average Bonchev–Trinajstić information content (AvgIpc) is 3.04. The first-order valence-corrected chi connectivity index (χ1v) is 11.4. The van der Waals surface area contributed by atoms with Crippen molar-refractivity contribution in [2.24, 2.45) is 10.9 Å². The lowest BCUT2D eigenvalue weighted by atomic mass is 9.99. The maximum absolute atomic E-state index is 9.76. The molecule has 0 radical (unpaired) electrons. The zero-order valence-electron chi connectivity index (χ0n) is 19.8. The molecule has 0 bridgehead atoms. The van der Waals surface area contributed by atoms with Gasteiger partial charge in [0, 0.05) is 31.2 Å². The summed E-state index contributed by atoms with van der Waals surface area (Å²) in [7, 11) is 0. The highest BCUT2D eigenvalue weighted by molar-refractivity contribution is 5.98. The summed E-state index contributed by atoms with van der Waals surface area (Å²) in [5, 5.41) is 31.7.